The van der Waals surface area contributed by atoms with E-state index in [1.165, 1.54) is 20.3 Å². The van der Waals surface area contributed by atoms with Crippen LogP contribution in [-0.2, 0) is 0 Å². The van der Waals surface area contributed by atoms with Gasteiger partial charge in [0.2, 0.25) is 0 Å². The largest absolute Gasteiger partial charge is 0.493 e. The number of benzene rings is 1. The van der Waals surface area contributed by atoms with Gasteiger partial charge in [0.15, 0.2) is 11.5 Å². The van der Waals surface area contributed by atoms with Crippen molar-refractivity contribution in [3.63, 3.8) is 0 Å². The summed E-state index contributed by atoms with van der Waals surface area (Å²) < 4.78 is 10.3. The van der Waals surface area contributed by atoms with Crippen LogP contribution in [0, 0.1) is 10.1 Å². The Morgan fingerprint density at radius 1 is 1.30 bits per heavy atom. The van der Waals surface area contributed by atoms with Crippen LogP contribution in [0.15, 0.2) is 12.1 Å². The van der Waals surface area contributed by atoms with Crippen molar-refractivity contribution in [1.29, 1.82) is 0 Å². The molecule has 20 heavy (non-hydrogen) atoms. The van der Waals surface area contributed by atoms with Crippen molar-refractivity contribution in [2.24, 2.45) is 0 Å². The molecule has 0 heterocycles. The summed E-state index contributed by atoms with van der Waals surface area (Å²) in [5, 5.41) is 14.2. The lowest BCUT2D eigenvalue weighted by Crippen LogP contribution is -2.23. The number of hydrogen-bond acceptors (Lipinski definition) is 6. The van der Waals surface area contributed by atoms with Crippen LogP contribution < -0.4 is 19.7 Å². The van der Waals surface area contributed by atoms with Gasteiger partial charge in [-0.15, -0.1) is 0 Å². The molecule has 0 unspecified atom stereocenters. The second kappa shape index (κ2) is 7.54. The predicted molar refractivity (Wildman–Crippen MR) is 78.0 cm³/mol. The van der Waals surface area contributed by atoms with E-state index in [-0.39, 0.29) is 5.69 Å². The van der Waals surface area contributed by atoms with Gasteiger partial charge >= 0.3 is 0 Å². The third-order valence-corrected chi connectivity index (χ3v) is 3.01. The van der Waals surface area contributed by atoms with Gasteiger partial charge in [0.25, 0.3) is 5.69 Å². The molecule has 0 saturated carbocycles. The minimum Gasteiger partial charge on any atom is -0.493 e. The second-order valence-corrected chi connectivity index (χ2v) is 4.33. The number of rotatable bonds is 8. The molecule has 0 saturated heterocycles. The Morgan fingerprint density at radius 3 is 2.40 bits per heavy atom. The van der Waals surface area contributed by atoms with E-state index in [9.17, 15) is 10.1 Å². The van der Waals surface area contributed by atoms with Crippen molar-refractivity contribution < 1.29 is 14.4 Å². The van der Waals surface area contributed by atoms with Crippen LogP contribution in [0.4, 0.5) is 11.4 Å². The smallest absolute Gasteiger partial charge is 0.296 e. The van der Waals surface area contributed by atoms with Crippen LogP contribution in [0.5, 0.6) is 11.5 Å². The predicted octanol–water partition coefficient (Wildman–Crippen LogP) is 1.66. The summed E-state index contributed by atoms with van der Waals surface area (Å²) in [5.41, 5.74) is 0.526. The highest BCUT2D eigenvalue weighted by Gasteiger charge is 2.21. The third-order valence-electron chi connectivity index (χ3n) is 3.01. The number of anilines is 1. The Hall–Kier alpha value is -2.02. The van der Waals surface area contributed by atoms with Crippen molar-refractivity contribution in [3.8, 4) is 11.5 Å². The Kier molecular flexibility index (Phi) is 6.05. The number of hydrogen-bond donors (Lipinski definition) is 1. The molecule has 1 aromatic carbocycles. The molecule has 0 spiro atoms. The van der Waals surface area contributed by atoms with Gasteiger partial charge < -0.3 is 19.7 Å². The zero-order valence-electron chi connectivity index (χ0n) is 12.3. The molecule has 0 atom stereocenters. The van der Waals surface area contributed by atoms with Gasteiger partial charge in [-0.3, -0.25) is 10.1 Å². The maximum Gasteiger partial charge on any atom is 0.296 e. The average Bonchev–Trinajstić information content (AvgIpc) is 2.45. The summed E-state index contributed by atoms with van der Waals surface area (Å²) in [4.78, 5) is 12.6. The summed E-state index contributed by atoms with van der Waals surface area (Å²) in [6, 6.07) is 3.03. The van der Waals surface area contributed by atoms with Crippen LogP contribution in [0.2, 0.25) is 0 Å². The highest BCUT2D eigenvalue weighted by molar-refractivity contribution is 5.69. The molecule has 0 radical (unpaired) electrons. The molecule has 0 bridgehead atoms. The topological polar surface area (TPSA) is 76.9 Å². The zero-order valence-corrected chi connectivity index (χ0v) is 12.3. The fourth-order valence-corrected chi connectivity index (χ4v) is 1.92. The molecule has 112 valence electrons. The van der Waals surface area contributed by atoms with Gasteiger partial charge in [0, 0.05) is 19.7 Å². The van der Waals surface area contributed by atoms with E-state index in [0.29, 0.717) is 23.7 Å². The highest BCUT2D eigenvalue weighted by atomic mass is 16.6. The molecule has 0 aliphatic rings. The first kappa shape index (κ1) is 16.0. The van der Waals surface area contributed by atoms with Gasteiger partial charge in [0.1, 0.15) is 5.69 Å². The van der Waals surface area contributed by atoms with E-state index in [2.05, 4.69) is 5.32 Å². The number of ether oxygens (including phenoxy) is 2. The van der Waals surface area contributed by atoms with Gasteiger partial charge in [0.05, 0.1) is 25.2 Å². The van der Waals surface area contributed by atoms with Crippen molar-refractivity contribution in [2.75, 3.05) is 46.3 Å². The first-order chi connectivity index (χ1) is 9.54. The number of nitrogens with zero attached hydrogens (tertiary/aromatic N) is 2. The van der Waals surface area contributed by atoms with E-state index in [0.717, 1.165) is 13.0 Å². The molecular formula is C13H21N3O4. The van der Waals surface area contributed by atoms with Crippen LogP contribution in [0.3, 0.4) is 0 Å². The maximum atomic E-state index is 11.2. The quantitative estimate of drug-likeness (QED) is 0.444. The normalized spacial score (nSPS) is 10.2. The summed E-state index contributed by atoms with van der Waals surface area (Å²) in [6.07, 6.45) is 0.887. The van der Waals surface area contributed by atoms with Crippen molar-refractivity contribution >= 4 is 11.4 Å². The van der Waals surface area contributed by atoms with Crippen molar-refractivity contribution in [3.05, 3.63) is 22.2 Å². The molecule has 0 aliphatic heterocycles. The fraction of sp³-hybridized carbons (Fsp3) is 0.538. The molecule has 7 nitrogen and oxygen atoms in total. The Morgan fingerprint density at radius 2 is 1.90 bits per heavy atom. The SMILES string of the molecule is CNCCCN(C)c1cc(OC)c(OC)cc1[N+](=O)[O-]. The summed E-state index contributed by atoms with van der Waals surface area (Å²) in [6.45, 7) is 1.56. The van der Waals surface area contributed by atoms with Gasteiger partial charge in [-0.05, 0) is 20.0 Å². The summed E-state index contributed by atoms with van der Waals surface area (Å²) >= 11 is 0. The monoisotopic (exact) mass is 283 g/mol. The van der Waals surface area contributed by atoms with Gasteiger partial charge in [-0.1, -0.05) is 0 Å². The van der Waals surface area contributed by atoms with E-state index >= 15 is 0 Å². The minimum atomic E-state index is -0.411. The van der Waals surface area contributed by atoms with E-state index in [4.69, 9.17) is 9.47 Å². The first-order valence-corrected chi connectivity index (χ1v) is 6.31. The van der Waals surface area contributed by atoms with E-state index in [1.54, 1.807) is 6.07 Å². The molecule has 1 aromatic rings. The summed E-state index contributed by atoms with van der Waals surface area (Å²) in [5.74, 6) is 0.833. The highest BCUT2D eigenvalue weighted by Crippen LogP contribution is 2.39. The molecule has 0 amide bonds. The van der Waals surface area contributed by atoms with E-state index < -0.39 is 4.92 Å². The second-order valence-electron chi connectivity index (χ2n) is 4.33. The van der Waals surface area contributed by atoms with Gasteiger partial charge in [-0.2, -0.15) is 0 Å². The Bertz CT molecular complexity index is 465. The number of methoxy groups -OCH3 is 2. The molecular weight excluding hydrogens is 262 g/mol. The van der Waals surface area contributed by atoms with Crippen LogP contribution in [0.1, 0.15) is 6.42 Å². The fourth-order valence-electron chi connectivity index (χ4n) is 1.92. The molecule has 0 aromatic heterocycles. The lowest BCUT2D eigenvalue weighted by molar-refractivity contribution is -0.384. The Balaban J connectivity index is 3.11. The number of nitro benzene ring substituents is 1. The Labute approximate surface area is 118 Å². The number of nitro groups is 1. The molecule has 7 heteroatoms. The minimum absolute atomic E-state index is 0.00890. The standard InChI is InChI=1S/C13H21N3O4/c1-14-6-5-7-15(2)10-8-12(19-3)13(20-4)9-11(10)16(17)18/h8-9,14H,5-7H2,1-4H3. The molecule has 1 rings (SSSR count). The maximum absolute atomic E-state index is 11.2. The zero-order chi connectivity index (χ0) is 15.1. The molecule has 0 fully saturated rings. The van der Waals surface area contributed by atoms with Crippen LogP contribution >= 0.6 is 0 Å². The first-order valence-electron chi connectivity index (χ1n) is 6.31. The average molecular weight is 283 g/mol. The van der Waals surface area contributed by atoms with Crippen LogP contribution in [-0.4, -0.2) is 46.3 Å². The molecule has 0 aliphatic carbocycles. The van der Waals surface area contributed by atoms with Gasteiger partial charge in [-0.25, -0.2) is 0 Å². The summed E-state index contributed by atoms with van der Waals surface area (Å²) in [7, 11) is 6.66. The van der Waals surface area contributed by atoms with Crippen LogP contribution in [0.25, 0.3) is 0 Å². The van der Waals surface area contributed by atoms with Crippen molar-refractivity contribution in [1.82, 2.24) is 5.32 Å². The molecule has 1 N–H and O–H groups in total. The van der Waals surface area contributed by atoms with Crippen molar-refractivity contribution in [2.45, 2.75) is 6.42 Å². The lowest BCUT2D eigenvalue weighted by Gasteiger charge is -2.20. The lowest BCUT2D eigenvalue weighted by atomic mass is 10.2. The van der Waals surface area contributed by atoms with E-state index in [1.807, 2.05) is 19.0 Å². The number of nitrogens with one attached hydrogen (secondary N) is 1. The third kappa shape index (κ3) is 3.74.